The van der Waals surface area contributed by atoms with Crippen molar-refractivity contribution in [1.29, 1.82) is 0 Å². The Hall–Kier alpha value is -0.0800. The van der Waals surface area contributed by atoms with Gasteiger partial charge in [0, 0.05) is 12.6 Å². The van der Waals surface area contributed by atoms with Crippen LogP contribution < -0.4 is 10.6 Å². The molecule has 2 rings (SSSR count). The molecule has 6 heteroatoms. The van der Waals surface area contributed by atoms with Gasteiger partial charge in [-0.05, 0) is 19.8 Å². The van der Waals surface area contributed by atoms with E-state index in [1.54, 1.807) is 0 Å². The van der Waals surface area contributed by atoms with Crippen molar-refractivity contribution in [3.8, 4) is 0 Å². The third-order valence-electron chi connectivity index (χ3n) is 2.80. The number of nitrogens with one attached hydrogen (secondary N) is 2. The van der Waals surface area contributed by atoms with Crippen LogP contribution in [0.3, 0.4) is 0 Å². The number of aliphatic imine (C=N–C) groups is 1. The molecule has 2 heterocycles. The Morgan fingerprint density at radius 2 is 2.25 bits per heavy atom. The van der Waals surface area contributed by atoms with E-state index >= 15 is 0 Å². The lowest BCUT2D eigenvalue weighted by atomic mass is 10.2. The maximum Gasteiger partial charge on any atom is 0.191 e. The third kappa shape index (κ3) is 3.74. The van der Waals surface area contributed by atoms with E-state index in [4.69, 9.17) is 9.84 Å². The van der Waals surface area contributed by atoms with E-state index < -0.39 is 0 Å². The van der Waals surface area contributed by atoms with Gasteiger partial charge in [0.1, 0.15) is 0 Å². The summed E-state index contributed by atoms with van der Waals surface area (Å²) in [6.07, 6.45) is 2.22. The highest BCUT2D eigenvalue weighted by Gasteiger charge is 2.24. The average molecular weight is 341 g/mol. The van der Waals surface area contributed by atoms with Crippen molar-refractivity contribution < 1.29 is 9.84 Å². The third-order valence-corrected chi connectivity index (χ3v) is 2.80. The molecule has 0 aromatic carbocycles. The van der Waals surface area contributed by atoms with Crippen molar-refractivity contribution >= 4 is 29.9 Å². The summed E-state index contributed by atoms with van der Waals surface area (Å²) in [5.41, 5.74) is 0. The Kier molecular flexibility index (Phi) is 5.77. The highest BCUT2D eigenvalue weighted by atomic mass is 127. The van der Waals surface area contributed by atoms with Gasteiger partial charge in [0.15, 0.2) is 5.96 Å². The van der Waals surface area contributed by atoms with Crippen LogP contribution in [0, 0.1) is 0 Å². The predicted octanol–water partition coefficient (Wildman–Crippen LogP) is 0.0816. The molecular formula is C10H20IN3O2. The molecule has 3 N–H and O–H groups in total. The van der Waals surface area contributed by atoms with Crippen molar-refractivity contribution in [2.75, 3.05) is 19.7 Å². The lowest BCUT2D eigenvalue weighted by Gasteiger charge is -2.14. The molecule has 0 aliphatic carbocycles. The van der Waals surface area contributed by atoms with E-state index in [-0.39, 0.29) is 42.8 Å². The molecule has 94 valence electrons. The second-order valence-electron chi connectivity index (χ2n) is 4.26. The van der Waals surface area contributed by atoms with Crippen molar-refractivity contribution in [2.24, 2.45) is 4.99 Å². The minimum absolute atomic E-state index is 0. The monoisotopic (exact) mass is 341 g/mol. The smallest absolute Gasteiger partial charge is 0.191 e. The molecular weight excluding hydrogens is 321 g/mol. The first-order valence-electron chi connectivity index (χ1n) is 5.59. The van der Waals surface area contributed by atoms with Crippen molar-refractivity contribution in [1.82, 2.24) is 10.6 Å². The molecule has 1 saturated heterocycles. The number of hydrogen-bond donors (Lipinski definition) is 3. The molecule has 1 unspecified atom stereocenters. The largest absolute Gasteiger partial charge is 0.394 e. The topological polar surface area (TPSA) is 65.9 Å². The Bertz CT molecular complexity index is 250. The van der Waals surface area contributed by atoms with Gasteiger partial charge in [-0.1, -0.05) is 0 Å². The van der Waals surface area contributed by atoms with Gasteiger partial charge >= 0.3 is 0 Å². The number of rotatable bonds is 3. The van der Waals surface area contributed by atoms with Gasteiger partial charge in [-0.3, -0.25) is 4.99 Å². The van der Waals surface area contributed by atoms with Crippen LogP contribution in [0.15, 0.2) is 4.99 Å². The molecule has 2 aliphatic rings. The number of hydrogen-bond acceptors (Lipinski definition) is 5. The van der Waals surface area contributed by atoms with Gasteiger partial charge in [0.25, 0.3) is 0 Å². The fourth-order valence-corrected chi connectivity index (χ4v) is 1.93. The fourth-order valence-electron chi connectivity index (χ4n) is 1.93. The Morgan fingerprint density at radius 3 is 2.81 bits per heavy atom. The second-order valence-corrected chi connectivity index (χ2v) is 4.26. The molecule has 0 amide bonds. The van der Waals surface area contributed by atoms with E-state index in [2.05, 4.69) is 22.5 Å². The summed E-state index contributed by atoms with van der Waals surface area (Å²) in [5, 5.41) is 15.4. The molecule has 0 spiro atoms. The van der Waals surface area contributed by atoms with Crippen molar-refractivity contribution in [3.63, 3.8) is 0 Å². The number of nitrogens with zero attached hydrogens (tertiary/aromatic N) is 1. The highest BCUT2D eigenvalue weighted by Crippen LogP contribution is 2.18. The number of guanidine groups is 1. The molecule has 0 aromatic rings. The molecule has 0 radical (unpaired) electrons. The maximum absolute atomic E-state index is 8.92. The zero-order valence-electron chi connectivity index (χ0n) is 9.48. The predicted molar refractivity (Wildman–Crippen MR) is 73.3 cm³/mol. The van der Waals surface area contributed by atoms with Crippen LogP contribution in [0.2, 0.25) is 0 Å². The SMILES string of the molecule is CC1CN=C(NC[C@H]2CC[C@@H](CO)O2)N1.I. The average Bonchev–Trinajstić information content (AvgIpc) is 2.83. The van der Waals surface area contributed by atoms with E-state index in [9.17, 15) is 0 Å². The van der Waals surface area contributed by atoms with Crippen molar-refractivity contribution in [2.45, 2.75) is 38.0 Å². The number of ether oxygens (including phenoxy) is 1. The van der Waals surface area contributed by atoms with Crippen LogP contribution in [-0.2, 0) is 4.74 Å². The Morgan fingerprint density at radius 1 is 1.50 bits per heavy atom. The van der Waals surface area contributed by atoms with Crippen molar-refractivity contribution in [3.05, 3.63) is 0 Å². The molecule has 0 saturated carbocycles. The minimum Gasteiger partial charge on any atom is -0.394 e. The van der Waals surface area contributed by atoms with Crippen LogP contribution >= 0.6 is 24.0 Å². The lowest BCUT2D eigenvalue weighted by molar-refractivity contribution is 0.0140. The molecule has 1 fully saturated rings. The van der Waals surface area contributed by atoms with Gasteiger partial charge in [0.05, 0.1) is 25.4 Å². The van der Waals surface area contributed by atoms with E-state index in [1.165, 1.54) is 0 Å². The standard InChI is InChI=1S/C10H19N3O2.HI/c1-7-4-11-10(13-7)12-5-8-2-3-9(6-14)15-8;/h7-9,14H,2-6H2,1H3,(H2,11,12,13);1H/t7?,8-,9+;/m1./s1. The van der Waals surface area contributed by atoms with Gasteiger partial charge < -0.3 is 20.5 Å². The molecule has 5 nitrogen and oxygen atoms in total. The number of halogens is 1. The molecule has 0 bridgehead atoms. The van der Waals surface area contributed by atoms with Crippen LogP contribution in [0.4, 0.5) is 0 Å². The zero-order chi connectivity index (χ0) is 10.7. The second kappa shape index (κ2) is 6.61. The zero-order valence-corrected chi connectivity index (χ0v) is 11.8. The fraction of sp³-hybridized carbons (Fsp3) is 0.900. The van der Waals surface area contributed by atoms with E-state index in [0.717, 1.165) is 31.9 Å². The molecule has 2 aliphatic heterocycles. The summed E-state index contributed by atoms with van der Waals surface area (Å²) >= 11 is 0. The normalized spacial score (nSPS) is 32.9. The first kappa shape index (κ1) is 14.0. The summed E-state index contributed by atoms with van der Waals surface area (Å²) in [6.45, 7) is 3.85. The summed E-state index contributed by atoms with van der Waals surface area (Å²) in [5.74, 6) is 0.874. The van der Waals surface area contributed by atoms with Crippen LogP contribution in [-0.4, -0.2) is 49.0 Å². The maximum atomic E-state index is 8.92. The molecule has 16 heavy (non-hydrogen) atoms. The van der Waals surface area contributed by atoms with Gasteiger partial charge in [-0.25, -0.2) is 0 Å². The van der Waals surface area contributed by atoms with E-state index in [0.29, 0.717) is 6.04 Å². The Balaban J connectivity index is 0.00000128. The molecule has 3 atom stereocenters. The number of aliphatic hydroxyl groups is 1. The molecule has 0 aromatic heterocycles. The summed E-state index contributed by atoms with van der Waals surface area (Å²) < 4.78 is 5.60. The van der Waals surface area contributed by atoms with Crippen LogP contribution in [0.1, 0.15) is 19.8 Å². The van der Waals surface area contributed by atoms with Gasteiger partial charge in [0.2, 0.25) is 0 Å². The van der Waals surface area contributed by atoms with Gasteiger partial charge in [-0.15, -0.1) is 24.0 Å². The van der Waals surface area contributed by atoms with Crippen LogP contribution in [0.25, 0.3) is 0 Å². The first-order chi connectivity index (χ1) is 7.28. The summed E-state index contributed by atoms with van der Waals surface area (Å²) in [4.78, 5) is 4.31. The highest BCUT2D eigenvalue weighted by molar-refractivity contribution is 14.0. The summed E-state index contributed by atoms with van der Waals surface area (Å²) in [7, 11) is 0. The minimum atomic E-state index is 0. The van der Waals surface area contributed by atoms with Crippen LogP contribution in [0.5, 0.6) is 0 Å². The number of aliphatic hydroxyl groups excluding tert-OH is 1. The summed E-state index contributed by atoms with van der Waals surface area (Å²) in [6, 6.07) is 0.433. The van der Waals surface area contributed by atoms with E-state index in [1.807, 2.05) is 0 Å². The lowest BCUT2D eigenvalue weighted by Crippen LogP contribution is -2.41. The Labute approximate surface area is 113 Å². The first-order valence-corrected chi connectivity index (χ1v) is 5.59. The van der Waals surface area contributed by atoms with Gasteiger partial charge in [-0.2, -0.15) is 0 Å². The quantitative estimate of drug-likeness (QED) is 0.637.